The summed E-state index contributed by atoms with van der Waals surface area (Å²) in [5, 5.41) is 0. The molecule has 0 saturated carbocycles. The zero-order valence-electron chi connectivity index (χ0n) is 16.6. The lowest BCUT2D eigenvalue weighted by Crippen LogP contribution is -2.41. The number of benzene rings is 1. The number of ether oxygens (including phenoxy) is 1. The third kappa shape index (κ3) is 6.22. The molecule has 1 saturated heterocycles. The van der Waals surface area contributed by atoms with Gasteiger partial charge in [0.05, 0.1) is 0 Å². The number of hydrogen-bond donors (Lipinski definition) is 0. The van der Waals surface area contributed by atoms with Crippen molar-refractivity contribution in [3.05, 3.63) is 41.5 Å². The topological polar surface area (TPSA) is 29.5 Å². The first-order chi connectivity index (χ1) is 11.5. The number of piperidine rings is 1. The second-order valence-corrected chi connectivity index (χ2v) is 9.04. The zero-order valence-corrected chi connectivity index (χ0v) is 16.6. The molecule has 3 nitrogen and oxygen atoms in total. The van der Waals surface area contributed by atoms with E-state index in [0.29, 0.717) is 5.92 Å². The molecule has 3 heteroatoms. The number of hydrogen-bond acceptors (Lipinski definition) is 2. The summed E-state index contributed by atoms with van der Waals surface area (Å²) in [4.78, 5) is 13.9. The van der Waals surface area contributed by atoms with Crippen molar-refractivity contribution in [1.82, 2.24) is 4.90 Å². The molecule has 1 aromatic rings. The predicted molar refractivity (Wildman–Crippen MR) is 105 cm³/mol. The molecule has 0 N–H and O–H groups in total. The maximum atomic E-state index is 12.1. The molecule has 1 amide bonds. The highest BCUT2D eigenvalue weighted by Crippen LogP contribution is 2.24. The summed E-state index contributed by atoms with van der Waals surface area (Å²) in [7, 11) is 0. The number of nitrogens with zero attached hydrogens (tertiary/aromatic N) is 1. The maximum absolute atomic E-state index is 12.1. The molecule has 1 aliphatic heterocycles. The molecule has 0 aromatic heterocycles. The van der Waals surface area contributed by atoms with Gasteiger partial charge in [0.25, 0.3) is 0 Å². The van der Waals surface area contributed by atoms with Crippen molar-refractivity contribution in [3.8, 4) is 0 Å². The summed E-state index contributed by atoms with van der Waals surface area (Å²) in [6.07, 6.45) is 6.30. The Hall–Kier alpha value is -1.77. The second kappa shape index (κ2) is 7.63. The Labute approximate surface area is 153 Å². The Morgan fingerprint density at radius 2 is 1.60 bits per heavy atom. The lowest BCUT2D eigenvalue weighted by Gasteiger charge is -2.32. The van der Waals surface area contributed by atoms with Crippen molar-refractivity contribution in [2.75, 3.05) is 13.1 Å². The fourth-order valence-electron chi connectivity index (χ4n) is 2.94. The molecule has 0 spiro atoms. The minimum atomic E-state index is -0.424. The van der Waals surface area contributed by atoms with Crippen molar-refractivity contribution in [2.24, 2.45) is 5.92 Å². The van der Waals surface area contributed by atoms with Crippen LogP contribution in [0.3, 0.4) is 0 Å². The summed E-state index contributed by atoms with van der Waals surface area (Å²) in [5.41, 5.74) is 2.36. The van der Waals surface area contributed by atoms with E-state index in [1.54, 1.807) is 0 Å². The summed E-state index contributed by atoms with van der Waals surface area (Å²) in [6.45, 7) is 14.0. The predicted octanol–water partition coefficient (Wildman–Crippen LogP) is 5.64. The molecule has 1 aromatic carbocycles. The number of allylic oxidation sites excluding steroid dienone is 1. The molecular weight excluding hydrogens is 310 g/mol. The van der Waals surface area contributed by atoms with E-state index in [1.807, 2.05) is 25.7 Å². The van der Waals surface area contributed by atoms with Crippen LogP contribution in [0.25, 0.3) is 6.08 Å². The van der Waals surface area contributed by atoms with Gasteiger partial charge in [0, 0.05) is 13.1 Å². The van der Waals surface area contributed by atoms with Crippen LogP contribution in [0.2, 0.25) is 0 Å². The van der Waals surface area contributed by atoms with Gasteiger partial charge in [0.2, 0.25) is 0 Å². The van der Waals surface area contributed by atoms with Crippen LogP contribution in [0.1, 0.15) is 65.5 Å². The molecule has 25 heavy (non-hydrogen) atoms. The highest BCUT2D eigenvalue weighted by atomic mass is 16.6. The van der Waals surface area contributed by atoms with Gasteiger partial charge >= 0.3 is 6.09 Å². The standard InChI is InChI=1S/C22H33NO2/c1-21(2,3)19-11-9-17(10-12-19)7-8-18-13-15-23(16-14-18)20(24)25-22(4,5)6/h7-12,18H,13-16H2,1-6H3/b8-7+. The summed E-state index contributed by atoms with van der Waals surface area (Å²) in [5.74, 6) is 0.529. The fourth-order valence-corrected chi connectivity index (χ4v) is 2.94. The zero-order chi connectivity index (χ0) is 18.7. The van der Waals surface area contributed by atoms with Gasteiger partial charge in [-0.1, -0.05) is 57.2 Å². The molecule has 138 valence electrons. The summed E-state index contributed by atoms with van der Waals surface area (Å²) < 4.78 is 5.45. The highest BCUT2D eigenvalue weighted by molar-refractivity contribution is 5.68. The van der Waals surface area contributed by atoms with Crippen molar-refractivity contribution in [3.63, 3.8) is 0 Å². The van der Waals surface area contributed by atoms with Crippen LogP contribution in [0.15, 0.2) is 30.3 Å². The number of amides is 1. The monoisotopic (exact) mass is 343 g/mol. The fraction of sp³-hybridized carbons (Fsp3) is 0.591. The van der Waals surface area contributed by atoms with E-state index in [4.69, 9.17) is 4.74 Å². The molecular formula is C22H33NO2. The Kier molecular flexibility index (Phi) is 5.97. The molecule has 0 bridgehead atoms. The van der Waals surface area contributed by atoms with Crippen molar-refractivity contribution in [1.29, 1.82) is 0 Å². The van der Waals surface area contributed by atoms with E-state index < -0.39 is 5.60 Å². The van der Waals surface area contributed by atoms with Crippen LogP contribution in [-0.2, 0) is 10.2 Å². The van der Waals surface area contributed by atoms with Crippen LogP contribution >= 0.6 is 0 Å². The third-order valence-corrected chi connectivity index (χ3v) is 4.53. The van der Waals surface area contributed by atoms with Gasteiger partial charge in [0.15, 0.2) is 0 Å². The van der Waals surface area contributed by atoms with E-state index in [1.165, 1.54) is 11.1 Å². The van der Waals surface area contributed by atoms with Gasteiger partial charge in [-0.3, -0.25) is 0 Å². The van der Waals surface area contributed by atoms with Crippen LogP contribution in [0, 0.1) is 5.92 Å². The molecule has 1 aliphatic rings. The van der Waals surface area contributed by atoms with Gasteiger partial charge in [-0.25, -0.2) is 4.79 Å². The first kappa shape index (κ1) is 19.6. The maximum Gasteiger partial charge on any atom is 0.410 e. The highest BCUT2D eigenvalue weighted by Gasteiger charge is 2.25. The lowest BCUT2D eigenvalue weighted by molar-refractivity contribution is 0.0197. The number of likely N-dealkylation sites (tertiary alicyclic amines) is 1. The first-order valence-electron chi connectivity index (χ1n) is 9.31. The third-order valence-electron chi connectivity index (χ3n) is 4.53. The molecule has 1 heterocycles. The molecule has 0 radical (unpaired) electrons. The largest absolute Gasteiger partial charge is 0.444 e. The van der Waals surface area contributed by atoms with E-state index >= 15 is 0 Å². The number of carbonyl (C=O) groups is 1. The van der Waals surface area contributed by atoms with Crippen molar-refractivity contribution in [2.45, 2.75) is 65.4 Å². The lowest BCUT2D eigenvalue weighted by atomic mass is 9.86. The smallest absolute Gasteiger partial charge is 0.410 e. The van der Waals surface area contributed by atoms with Gasteiger partial charge in [-0.2, -0.15) is 0 Å². The van der Waals surface area contributed by atoms with E-state index in [2.05, 4.69) is 57.2 Å². The molecule has 0 aliphatic carbocycles. The van der Waals surface area contributed by atoms with Gasteiger partial charge in [-0.15, -0.1) is 0 Å². The first-order valence-corrected chi connectivity index (χ1v) is 9.31. The van der Waals surface area contributed by atoms with Gasteiger partial charge in [-0.05, 0) is 56.1 Å². The SMILES string of the molecule is CC(C)(C)OC(=O)N1CCC(/C=C/c2ccc(C(C)(C)C)cc2)CC1. The minimum absolute atomic E-state index is 0.187. The van der Waals surface area contributed by atoms with Crippen LogP contribution < -0.4 is 0 Å². The minimum Gasteiger partial charge on any atom is -0.444 e. The summed E-state index contributed by atoms with van der Waals surface area (Å²) >= 11 is 0. The van der Waals surface area contributed by atoms with Crippen LogP contribution in [-0.4, -0.2) is 29.7 Å². The van der Waals surface area contributed by atoms with E-state index in [-0.39, 0.29) is 11.5 Å². The van der Waals surface area contributed by atoms with Crippen molar-refractivity contribution < 1.29 is 9.53 Å². The Morgan fingerprint density at radius 3 is 2.08 bits per heavy atom. The molecule has 0 atom stereocenters. The Balaban J connectivity index is 1.85. The Morgan fingerprint density at radius 1 is 1.04 bits per heavy atom. The van der Waals surface area contributed by atoms with E-state index in [0.717, 1.165) is 25.9 Å². The normalized spacial score (nSPS) is 17.1. The number of carbonyl (C=O) groups excluding carboxylic acids is 1. The average Bonchev–Trinajstić information content (AvgIpc) is 2.51. The second-order valence-electron chi connectivity index (χ2n) is 9.04. The molecule has 0 unspecified atom stereocenters. The number of rotatable bonds is 2. The van der Waals surface area contributed by atoms with Crippen LogP contribution in [0.4, 0.5) is 4.79 Å². The molecule has 2 rings (SSSR count). The average molecular weight is 344 g/mol. The Bertz CT molecular complexity index is 594. The summed E-state index contributed by atoms with van der Waals surface area (Å²) in [6, 6.07) is 8.80. The van der Waals surface area contributed by atoms with Gasteiger partial charge < -0.3 is 9.64 Å². The van der Waals surface area contributed by atoms with E-state index in [9.17, 15) is 4.79 Å². The van der Waals surface area contributed by atoms with Crippen molar-refractivity contribution >= 4 is 12.2 Å². The van der Waals surface area contributed by atoms with Crippen LogP contribution in [0.5, 0.6) is 0 Å². The quantitative estimate of drug-likeness (QED) is 0.695. The van der Waals surface area contributed by atoms with Gasteiger partial charge in [0.1, 0.15) is 5.60 Å². The molecule has 1 fully saturated rings.